The van der Waals surface area contributed by atoms with E-state index in [0.29, 0.717) is 30.8 Å². The minimum absolute atomic E-state index is 0.0884. The molecule has 8 heteroatoms. The van der Waals surface area contributed by atoms with Crippen molar-refractivity contribution in [1.29, 1.82) is 0 Å². The number of nitrogens with zero attached hydrogens (tertiary/aromatic N) is 3. The van der Waals surface area contributed by atoms with E-state index in [0.717, 1.165) is 4.57 Å². The Kier molecular flexibility index (Phi) is 4.41. The van der Waals surface area contributed by atoms with Crippen LogP contribution in [0.2, 0.25) is 5.15 Å². The van der Waals surface area contributed by atoms with Crippen LogP contribution in [0.15, 0.2) is 22.0 Å². The largest absolute Gasteiger partial charge is 0.383 e. The average molecular weight is 299 g/mol. The predicted molar refractivity (Wildman–Crippen MR) is 74.7 cm³/mol. The van der Waals surface area contributed by atoms with E-state index in [1.807, 2.05) is 0 Å². The van der Waals surface area contributed by atoms with Gasteiger partial charge in [-0.25, -0.2) is 9.36 Å². The molecule has 20 heavy (non-hydrogen) atoms. The van der Waals surface area contributed by atoms with Crippen molar-refractivity contribution in [2.45, 2.75) is 19.9 Å². The second-order valence-electron chi connectivity index (χ2n) is 4.17. The van der Waals surface area contributed by atoms with E-state index in [9.17, 15) is 9.59 Å². The summed E-state index contributed by atoms with van der Waals surface area (Å²) in [7, 11) is 1.59. The molecule has 0 radical (unpaired) electrons. The van der Waals surface area contributed by atoms with Crippen molar-refractivity contribution in [3.05, 3.63) is 43.9 Å². The average Bonchev–Trinajstić information content (AvgIpc) is 2.85. The molecule has 0 atom stereocenters. The van der Waals surface area contributed by atoms with Crippen LogP contribution in [-0.4, -0.2) is 33.0 Å². The topological polar surface area (TPSA) is 81.9 Å². The number of methoxy groups -OCH3 is 1. The van der Waals surface area contributed by atoms with Crippen LogP contribution in [0.3, 0.4) is 0 Å². The summed E-state index contributed by atoms with van der Waals surface area (Å²) in [5.41, 5.74) is -0.231. The van der Waals surface area contributed by atoms with E-state index in [2.05, 4.69) is 10.1 Å². The highest BCUT2D eigenvalue weighted by molar-refractivity contribution is 6.30. The third-order valence-electron chi connectivity index (χ3n) is 2.90. The first-order valence-electron chi connectivity index (χ1n) is 6.14. The maximum Gasteiger partial charge on any atom is 0.334 e. The lowest BCUT2D eigenvalue weighted by Crippen LogP contribution is -2.35. The van der Waals surface area contributed by atoms with Crippen LogP contribution in [0.25, 0.3) is 5.69 Å². The van der Waals surface area contributed by atoms with Crippen molar-refractivity contribution < 1.29 is 4.74 Å². The van der Waals surface area contributed by atoms with Crippen molar-refractivity contribution in [2.75, 3.05) is 13.7 Å². The number of aromatic nitrogens is 4. The SMILES string of the molecule is CCc1c(Cl)[nH]c(=O)n(-c2cnn(CCOC)c2)c1=O. The van der Waals surface area contributed by atoms with Gasteiger partial charge >= 0.3 is 5.69 Å². The predicted octanol–water partition coefficient (Wildman–Crippen LogP) is 0.585. The molecule has 0 aliphatic carbocycles. The van der Waals surface area contributed by atoms with Crippen LogP contribution in [0.4, 0.5) is 0 Å². The molecule has 7 nitrogen and oxygen atoms in total. The molecule has 0 saturated heterocycles. The fourth-order valence-corrected chi connectivity index (χ4v) is 2.16. The summed E-state index contributed by atoms with van der Waals surface area (Å²) in [6.45, 7) is 2.83. The lowest BCUT2D eigenvalue weighted by atomic mass is 10.2. The monoisotopic (exact) mass is 298 g/mol. The Bertz CT molecular complexity index is 716. The fraction of sp³-hybridized carbons (Fsp3) is 0.417. The molecule has 108 valence electrons. The van der Waals surface area contributed by atoms with Crippen LogP contribution in [0, 0.1) is 0 Å². The Hall–Kier alpha value is -1.86. The first-order chi connectivity index (χ1) is 9.58. The lowest BCUT2D eigenvalue weighted by molar-refractivity contribution is 0.183. The van der Waals surface area contributed by atoms with Crippen LogP contribution in [0.5, 0.6) is 0 Å². The standard InChI is InChI=1S/C12H15ClN4O3/c1-3-9-10(13)15-12(19)17(11(9)18)8-6-14-16(7-8)4-5-20-2/h6-7H,3-5H2,1-2H3,(H,15,19). The summed E-state index contributed by atoms with van der Waals surface area (Å²) in [5.74, 6) is 0. The van der Waals surface area contributed by atoms with Gasteiger partial charge in [0.2, 0.25) is 0 Å². The molecule has 2 heterocycles. The summed E-state index contributed by atoms with van der Waals surface area (Å²) < 4.78 is 7.58. The van der Waals surface area contributed by atoms with Gasteiger partial charge in [-0.05, 0) is 6.42 Å². The Morgan fingerprint density at radius 2 is 2.20 bits per heavy atom. The van der Waals surface area contributed by atoms with Gasteiger partial charge in [-0.3, -0.25) is 14.5 Å². The number of ether oxygens (including phenoxy) is 1. The number of aromatic amines is 1. The van der Waals surface area contributed by atoms with Crippen LogP contribution < -0.4 is 11.2 Å². The third-order valence-corrected chi connectivity index (χ3v) is 3.22. The highest BCUT2D eigenvalue weighted by Crippen LogP contribution is 2.08. The molecule has 0 bridgehead atoms. The van der Waals surface area contributed by atoms with Gasteiger partial charge in [-0.1, -0.05) is 18.5 Å². The van der Waals surface area contributed by atoms with Gasteiger partial charge in [0.1, 0.15) is 5.15 Å². The molecule has 1 N–H and O–H groups in total. The van der Waals surface area contributed by atoms with Gasteiger partial charge in [0, 0.05) is 13.3 Å². The molecular weight excluding hydrogens is 284 g/mol. The van der Waals surface area contributed by atoms with Crippen molar-refractivity contribution in [3.8, 4) is 5.69 Å². The summed E-state index contributed by atoms with van der Waals surface area (Å²) in [4.78, 5) is 26.6. The van der Waals surface area contributed by atoms with Crippen molar-refractivity contribution in [1.82, 2.24) is 19.3 Å². The van der Waals surface area contributed by atoms with E-state index in [-0.39, 0.29) is 5.15 Å². The molecule has 0 spiro atoms. The van der Waals surface area contributed by atoms with Gasteiger partial charge < -0.3 is 4.74 Å². The second kappa shape index (κ2) is 6.06. The number of hydrogen-bond acceptors (Lipinski definition) is 4. The van der Waals surface area contributed by atoms with Crippen molar-refractivity contribution >= 4 is 11.6 Å². The molecule has 0 amide bonds. The molecule has 2 aromatic rings. The number of H-pyrrole nitrogens is 1. The van der Waals surface area contributed by atoms with Crippen molar-refractivity contribution in [2.24, 2.45) is 0 Å². The minimum atomic E-state index is -0.580. The Labute approximate surface area is 119 Å². The molecular formula is C12H15ClN4O3. The second-order valence-corrected chi connectivity index (χ2v) is 4.55. The van der Waals surface area contributed by atoms with E-state index in [1.165, 1.54) is 6.20 Å². The molecule has 0 unspecified atom stereocenters. The Morgan fingerprint density at radius 1 is 1.45 bits per heavy atom. The molecule has 0 aromatic carbocycles. The van der Waals surface area contributed by atoms with Crippen LogP contribution in [-0.2, 0) is 17.7 Å². The summed E-state index contributed by atoms with van der Waals surface area (Å²) in [6.07, 6.45) is 3.51. The minimum Gasteiger partial charge on any atom is -0.383 e. The quantitative estimate of drug-likeness (QED) is 0.819. The van der Waals surface area contributed by atoms with E-state index in [1.54, 1.807) is 24.9 Å². The third kappa shape index (κ3) is 2.68. The highest BCUT2D eigenvalue weighted by atomic mass is 35.5. The molecule has 0 aliphatic heterocycles. The van der Waals surface area contributed by atoms with Gasteiger partial charge in [0.15, 0.2) is 0 Å². The maximum atomic E-state index is 12.3. The smallest absolute Gasteiger partial charge is 0.334 e. The van der Waals surface area contributed by atoms with E-state index < -0.39 is 11.2 Å². The maximum absolute atomic E-state index is 12.3. The van der Waals surface area contributed by atoms with Gasteiger partial charge in [0.05, 0.1) is 30.6 Å². The Balaban J connectivity index is 2.50. The van der Waals surface area contributed by atoms with Gasteiger partial charge in [0.25, 0.3) is 5.56 Å². The Morgan fingerprint density at radius 3 is 2.85 bits per heavy atom. The van der Waals surface area contributed by atoms with Crippen LogP contribution >= 0.6 is 11.6 Å². The number of hydrogen-bond donors (Lipinski definition) is 1. The van der Waals surface area contributed by atoms with Crippen LogP contribution in [0.1, 0.15) is 12.5 Å². The summed E-state index contributed by atoms with van der Waals surface area (Å²) in [5, 5.41) is 4.17. The number of nitrogens with one attached hydrogen (secondary N) is 1. The van der Waals surface area contributed by atoms with E-state index in [4.69, 9.17) is 16.3 Å². The lowest BCUT2D eigenvalue weighted by Gasteiger charge is -2.05. The molecule has 2 rings (SSSR count). The summed E-state index contributed by atoms with van der Waals surface area (Å²) >= 11 is 5.86. The molecule has 0 aliphatic rings. The molecule has 2 aromatic heterocycles. The zero-order chi connectivity index (χ0) is 14.7. The summed E-state index contributed by atoms with van der Waals surface area (Å²) in [6, 6.07) is 0. The first-order valence-corrected chi connectivity index (χ1v) is 6.51. The number of rotatable bonds is 5. The van der Waals surface area contributed by atoms with Gasteiger partial charge in [-0.2, -0.15) is 5.10 Å². The molecule has 0 saturated carbocycles. The zero-order valence-corrected chi connectivity index (χ0v) is 12.0. The zero-order valence-electron chi connectivity index (χ0n) is 11.2. The fourth-order valence-electron chi connectivity index (χ4n) is 1.86. The van der Waals surface area contributed by atoms with Gasteiger partial charge in [-0.15, -0.1) is 0 Å². The number of halogens is 1. The van der Waals surface area contributed by atoms with Crippen molar-refractivity contribution in [3.63, 3.8) is 0 Å². The normalized spacial score (nSPS) is 10.9. The molecule has 0 fully saturated rings. The first kappa shape index (κ1) is 14.5. The van der Waals surface area contributed by atoms with E-state index >= 15 is 0 Å². The highest BCUT2D eigenvalue weighted by Gasteiger charge is 2.13.